The number of aryl methyl sites for hydroxylation is 1. The van der Waals surface area contributed by atoms with Crippen molar-refractivity contribution in [3.8, 4) is 11.1 Å². The third kappa shape index (κ3) is 1.44. The second kappa shape index (κ2) is 3.69. The van der Waals surface area contributed by atoms with Gasteiger partial charge in [0, 0.05) is 5.38 Å². The fourth-order valence-corrected chi connectivity index (χ4v) is 4.10. The minimum absolute atomic E-state index is 1.20. The predicted octanol–water partition coefficient (Wildman–Crippen LogP) is 4.24. The molecule has 1 aromatic heterocycles. The molecule has 0 saturated heterocycles. The van der Waals surface area contributed by atoms with E-state index in [4.69, 9.17) is 0 Å². The zero-order valence-electron chi connectivity index (χ0n) is 8.62. The van der Waals surface area contributed by atoms with Gasteiger partial charge in [-0.05, 0) is 41.4 Å². The summed E-state index contributed by atoms with van der Waals surface area (Å²) in [6.45, 7) is 0. The van der Waals surface area contributed by atoms with E-state index >= 15 is 0 Å². The average molecular weight is 232 g/mol. The van der Waals surface area contributed by atoms with Gasteiger partial charge >= 0.3 is 0 Å². The van der Waals surface area contributed by atoms with Crippen LogP contribution in [0.2, 0.25) is 0 Å². The lowest BCUT2D eigenvalue weighted by molar-refractivity contribution is 0.931. The lowest BCUT2D eigenvalue weighted by Gasteiger charge is -2.16. The summed E-state index contributed by atoms with van der Waals surface area (Å²) in [4.78, 5) is 0. The maximum absolute atomic E-state index is 2.32. The Hall–Kier alpha value is -0.730. The second-order valence-electron chi connectivity index (χ2n) is 3.78. The van der Waals surface area contributed by atoms with Crippen molar-refractivity contribution < 1.29 is 0 Å². The highest BCUT2D eigenvalue weighted by molar-refractivity contribution is 8.00. The van der Waals surface area contributed by atoms with E-state index in [0.717, 1.165) is 0 Å². The monoisotopic (exact) mass is 232 g/mol. The van der Waals surface area contributed by atoms with Crippen molar-refractivity contribution in [3.63, 3.8) is 0 Å². The molecule has 15 heavy (non-hydrogen) atoms. The predicted molar refractivity (Wildman–Crippen MR) is 68.9 cm³/mol. The van der Waals surface area contributed by atoms with Gasteiger partial charge in [-0.1, -0.05) is 24.3 Å². The van der Waals surface area contributed by atoms with E-state index in [1.54, 1.807) is 5.56 Å². The molecule has 1 heterocycles. The van der Waals surface area contributed by atoms with Gasteiger partial charge in [-0.25, -0.2) is 0 Å². The number of hydrogen-bond acceptors (Lipinski definition) is 2. The fourth-order valence-electron chi connectivity index (χ4n) is 2.26. The maximum Gasteiger partial charge on any atom is 0.0634 e. The zero-order valence-corrected chi connectivity index (χ0v) is 10.3. The van der Waals surface area contributed by atoms with Gasteiger partial charge in [0.25, 0.3) is 0 Å². The highest BCUT2D eigenvalue weighted by Gasteiger charge is 2.19. The van der Waals surface area contributed by atoms with Crippen LogP contribution in [0.1, 0.15) is 11.1 Å². The minimum atomic E-state index is 1.20. The Kier molecular flexibility index (Phi) is 2.33. The molecule has 0 spiro atoms. The Morgan fingerprint density at radius 2 is 2.00 bits per heavy atom. The number of thioether (sulfide) groups is 1. The molecule has 0 saturated carbocycles. The summed E-state index contributed by atoms with van der Waals surface area (Å²) in [6, 6.07) is 8.80. The minimum Gasteiger partial charge on any atom is -0.136 e. The van der Waals surface area contributed by atoms with Crippen molar-refractivity contribution in [2.45, 2.75) is 17.1 Å². The molecule has 0 aliphatic heterocycles. The van der Waals surface area contributed by atoms with Gasteiger partial charge in [0.1, 0.15) is 0 Å². The Morgan fingerprint density at radius 1 is 1.13 bits per heavy atom. The summed E-state index contributed by atoms with van der Waals surface area (Å²) in [5.74, 6) is 0. The first-order valence-electron chi connectivity index (χ1n) is 5.13. The average Bonchev–Trinajstić information content (AvgIpc) is 2.72. The van der Waals surface area contributed by atoms with Crippen LogP contribution in [0, 0.1) is 0 Å². The highest BCUT2D eigenvalue weighted by Crippen LogP contribution is 2.41. The van der Waals surface area contributed by atoms with Crippen molar-refractivity contribution in [2.75, 3.05) is 6.26 Å². The van der Waals surface area contributed by atoms with E-state index in [0.29, 0.717) is 0 Å². The molecule has 0 nitrogen and oxygen atoms in total. The molecule has 1 aromatic carbocycles. The van der Waals surface area contributed by atoms with Crippen LogP contribution in [0.3, 0.4) is 0 Å². The number of benzene rings is 1. The fraction of sp³-hybridized carbons (Fsp3) is 0.231. The maximum atomic E-state index is 2.32. The van der Waals surface area contributed by atoms with Gasteiger partial charge in [0.15, 0.2) is 0 Å². The third-order valence-corrected chi connectivity index (χ3v) is 5.21. The van der Waals surface area contributed by atoms with Crippen LogP contribution >= 0.6 is 23.1 Å². The summed E-state index contributed by atoms with van der Waals surface area (Å²) in [5.41, 5.74) is 6.02. The van der Waals surface area contributed by atoms with Crippen LogP contribution in [0.25, 0.3) is 11.1 Å². The number of fused-ring (bicyclic) bond motifs is 3. The highest BCUT2D eigenvalue weighted by atomic mass is 32.2. The normalized spacial score (nSPS) is 13.4. The summed E-state index contributed by atoms with van der Waals surface area (Å²) >= 11 is 3.78. The lowest BCUT2D eigenvalue weighted by Crippen LogP contribution is -2.01. The molecule has 0 N–H and O–H groups in total. The zero-order chi connectivity index (χ0) is 10.3. The third-order valence-electron chi connectivity index (χ3n) is 2.99. The van der Waals surface area contributed by atoms with Crippen LogP contribution in [0.4, 0.5) is 0 Å². The van der Waals surface area contributed by atoms with E-state index < -0.39 is 0 Å². The number of rotatable bonds is 1. The van der Waals surface area contributed by atoms with Crippen LogP contribution in [0.15, 0.2) is 33.9 Å². The smallest absolute Gasteiger partial charge is 0.0634 e. The molecule has 0 radical (unpaired) electrons. The molecular formula is C13H12S2. The first-order valence-corrected chi connectivity index (χ1v) is 7.23. The summed E-state index contributed by atoms with van der Waals surface area (Å²) in [6.07, 6.45) is 4.59. The largest absolute Gasteiger partial charge is 0.136 e. The Bertz CT molecular complexity index is 497. The standard InChI is InChI=1S/C13H12S2/c1-14-13-11-7-6-9-4-2-3-5-10(9)12(11)8-15-13/h2-5,8H,6-7H2,1H3. The van der Waals surface area contributed by atoms with Gasteiger partial charge in [0.05, 0.1) is 4.21 Å². The molecule has 0 fully saturated rings. The molecule has 2 heteroatoms. The van der Waals surface area contributed by atoms with E-state index in [1.165, 1.54) is 33.7 Å². The van der Waals surface area contributed by atoms with E-state index in [1.807, 2.05) is 23.1 Å². The van der Waals surface area contributed by atoms with Crippen LogP contribution in [-0.2, 0) is 12.8 Å². The second-order valence-corrected chi connectivity index (χ2v) is 5.73. The molecule has 3 rings (SSSR count). The molecule has 1 aliphatic carbocycles. The van der Waals surface area contributed by atoms with Gasteiger partial charge in [-0.15, -0.1) is 23.1 Å². The first kappa shape index (κ1) is 9.49. The van der Waals surface area contributed by atoms with Crippen molar-refractivity contribution in [3.05, 3.63) is 40.8 Å². The summed E-state index contributed by atoms with van der Waals surface area (Å²) in [7, 11) is 0. The number of hydrogen-bond donors (Lipinski definition) is 0. The Morgan fingerprint density at radius 3 is 2.87 bits per heavy atom. The Balaban J connectivity index is 2.22. The van der Waals surface area contributed by atoms with Gasteiger partial charge < -0.3 is 0 Å². The molecule has 76 valence electrons. The van der Waals surface area contributed by atoms with Crippen molar-refractivity contribution in [1.29, 1.82) is 0 Å². The van der Waals surface area contributed by atoms with E-state index in [-0.39, 0.29) is 0 Å². The molecule has 2 aromatic rings. The number of thiophene rings is 1. The molecule has 0 unspecified atom stereocenters. The quantitative estimate of drug-likeness (QED) is 0.663. The topological polar surface area (TPSA) is 0 Å². The van der Waals surface area contributed by atoms with Crippen LogP contribution < -0.4 is 0 Å². The molecule has 0 amide bonds. The van der Waals surface area contributed by atoms with Crippen molar-refractivity contribution >= 4 is 23.1 Å². The SMILES string of the molecule is CSc1scc2c1CCc1ccccc1-2. The lowest BCUT2D eigenvalue weighted by atomic mass is 9.88. The van der Waals surface area contributed by atoms with Crippen molar-refractivity contribution in [2.24, 2.45) is 0 Å². The van der Waals surface area contributed by atoms with Crippen molar-refractivity contribution in [1.82, 2.24) is 0 Å². The summed E-state index contributed by atoms with van der Waals surface area (Å²) in [5, 5.41) is 2.32. The summed E-state index contributed by atoms with van der Waals surface area (Å²) < 4.78 is 1.50. The molecule has 1 aliphatic rings. The van der Waals surface area contributed by atoms with Crippen LogP contribution in [0.5, 0.6) is 0 Å². The molecule has 0 atom stereocenters. The van der Waals surface area contributed by atoms with E-state index in [2.05, 4.69) is 35.9 Å². The first-order chi connectivity index (χ1) is 7.40. The van der Waals surface area contributed by atoms with Crippen LogP contribution in [-0.4, -0.2) is 6.26 Å². The van der Waals surface area contributed by atoms with Gasteiger partial charge in [0.2, 0.25) is 0 Å². The van der Waals surface area contributed by atoms with Gasteiger partial charge in [-0.3, -0.25) is 0 Å². The van der Waals surface area contributed by atoms with Gasteiger partial charge in [-0.2, -0.15) is 0 Å². The van der Waals surface area contributed by atoms with E-state index in [9.17, 15) is 0 Å². The molecule has 0 bridgehead atoms. The molecular weight excluding hydrogens is 220 g/mol. The Labute approximate surface area is 98.3 Å².